The molecule has 0 spiro atoms. The summed E-state index contributed by atoms with van der Waals surface area (Å²) >= 11 is 0. The van der Waals surface area contributed by atoms with Crippen LogP contribution in [0.5, 0.6) is 0 Å². The number of aliphatic hydroxyl groups excluding tert-OH is 1. The van der Waals surface area contributed by atoms with E-state index in [4.69, 9.17) is 0 Å². The molecule has 126 valence electrons. The van der Waals surface area contributed by atoms with Crippen molar-refractivity contribution in [2.45, 2.75) is 50.5 Å². The number of benzene rings is 2. The number of likely N-dealkylation sites (tertiary alicyclic amines) is 1. The maximum Gasteiger partial charge on any atom is 0.0775 e. The van der Waals surface area contributed by atoms with Crippen molar-refractivity contribution in [3.05, 3.63) is 71.3 Å². The summed E-state index contributed by atoms with van der Waals surface area (Å²) in [6.07, 6.45) is 1.60. The van der Waals surface area contributed by atoms with Crippen molar-refractivity contribution in [3.8, 4) is 0 Å². The zero-order chi connectivity index (χ0) is 16.5. The van der Waals surface area contributed by atoms with Crippen molar-refractivity contribution in [3.63, 3.8) is 0 Å². The monoisotopic (exact) mass is 322 g/mol. The topological polar surface area (TPSA) is 35.5 Å². The molecule has 24 heavy (non-hydrogen) atoms. The Hall–Kier alpha value is -1.68. The van der Waals surface area contributed by atoms with E-state index in [-0.39, 0.29) is 12.1 Å². The first kappa shape index (κ1) is 15.8. The maximum atomic E-state index is 10.5. The standard InChI is InChI=1S/C21H26N2O/c1-15-11-18(14-23(15)13-16-7-3-2-4-8-16)22-21-19-10-6-5-9-17(19)12-20(21)24/h2-10,15,18,20-22,24H,11-14H2,1H3/t15?,18?,20-,21+/m0/s1. The first-order valence-electron chi connectivity index (χ1n) is 9.00. The van der Waals surface area contributed by atoms with Gasteiger partial charge in [0, 0.05) is 31.6 Å². The highest BCUT2D eigenvalue weighted by Crippen LogP contribution is 2.33. The van der Waals surface area contributed by atoms with Gasteiger partial charge in [-0.25, -0.2) is 0 Å². The van der Waals surface area contributed by atoms with Crippen LogP contribution >= 0.6 is 0 Å². The average Bonchev–Trinajstić information content (AvgIpc) is 3.09. The van der Waals surface area contributed by atoms with E-state index in [1.54, 1.807) is 0 Å². The summed E-state index contributed by atoms with van der Waals surface area (Å²) in [6.45, 7) is 4.36. The average molecular weight is 322 g/mol. The molecule has 0 aromatic heterocycles. The lowest BCUT2D eigenvalue weighted by molar-refractivity contribution is 0.134. The highest BCUT2D eigenvalue weighted by molar-refractivity contribution is 5.36. The van der Waals surface area contributed by atoms with Gasteiger partial charge in [0.1, 0.15) is 0 Å². The Kier molecular flexibility index (Phi) is 4.40. The van der Waals surface area contributed by atoms with Gasteiger partial charge in [0.15, 0.2) is 0 Å². The second-order valence-electron chi connectivity index (χ2n) is 7.31. The van der Waals surface area contributed by atoms with E-state index in [1.807, 2.05) is 0 Å². The molecule has 4 atom stereocenters. The summed E-state index contributed by atoms with van der Waals surface area (Å²) in [5.41, 5.74) is 3.94. The van der Waals surface area contributed by atoms with Gasteiger partial charge in [-0.1, -0.05) is 54.6 Å². The van der Waals surface area contributed by atoms with Gasteiger partial charge >= 0.3 is 0 Å². The summed E-state index contributed by atoms with van der Waals surface area (Å²) in [7, 11) is 0. The van der Waals surface area contributed by atoms with Crippen molar-refractivity contribution in [1.29, 1.82) is 0 Å². The molecule has 2 aliphatic rings. The van der Waals surface area contributed by atoms with Crippen LogP contribution in [0.4, 0.5) is 0 Å². The SMILES string of the molecule is CC1CC(N[C@@H]2c3ccccc3C[C@@H]2O)CN1Cc1ccccc1. The summed E-state index contributed by atoms with van der Waals surface area (Å²) in [4.78, 5) is 2.54. The molecule has 0 amide bonds. The van der Waals surface area contributed by atoms with Gasteiger partial charge in [-0.3, -0.25) is 4.90 Å². The Morgan fingerprint density at radius 1 is 1.08 bits per heavy atom. The lowest BCUT2D eigenvalue weighted by atomic mass is 10.1. The fraction of sp³-hybridized carbons (Fsp3) is 0.429. The lowest BCUT2D eigenvalue weighted by Gasteiger charge is -2.23. The molecule has 1 heterocycles. The lowest BCUT2D eigenvalue weighted by Crippen LogP contribution is -2.38. The van der Waals surface area contributed by atoms with E-state index in [0.717, 1.165) is 25.9 Å². The van der Waals surface area contributed by atoms with Crippen LogP contribution in [0.1, 0.15) is 36.1 Å². The summed E-state index contributed by atoms with van der Waals surface area (Å²) in [5.74, 6) is 0. The second kappa shape index (κ2) is 6.67. The summed E-state index contributed by atoms with van der Waals surface area (Å²) < 4.78 is 0. The van der Waals surface area contributed by atoms with Crippen molar-refractivity contribution in [1.82, 2.24) is 10.2 Å². The van der Waals surface area contributed by atoms with Gasteiger partial charge in [-0.05, 0) is 30.0 Å². The van der Waals surface area contributed by atoms with Crippen LogP contribution in [0.25, 0.3) is 0 Å². The predicted octanol–water partition coefficient (Wildman–Crippen LogP) is 2.90. The van der Waals surface area contributed by atoms with Crippen LogP contribution in [0.3, 0.4) is 0 Å². The largest absolute Gasteiger partial charge is 0.391 e. The van der Waals surface area contributed by atoms with Crippen molar-refractivity contribution >= 4 is 0 Å². The molecule has 1 fully saturated rings. The zero-order valence-corrected chi connectivity index (χ0v) is 14.2. The molecule has 0 radical (unpaired) electrons. The van der Waals surface area contributed by atoms with Crippen molar-refractivity contribution < 1.29 is 5.11 Å². The molecule has 1 aliphatic heterocycles. The van der Waals surface area contributed by atoms with Crippen LogP contribution in [-0.4, -0.2) is 34.7 Å². The van der Waals surface area contributed by atoms with E-state index in [9.17, 15) is 5.11 Å². The van der Waals surface area contributed by atoms with Crippen molar-refractivity contribution in [2.24, 2.45) is 0 Å². The van der Waals surface area contributed by atoms with Crippen molar-refractivity contribution in [2.75, 3.05) is 6.54 Å². The van der Waals surface area contributed by atoms with Crippen LogP contribution in [-0.2, 0) is 13.0 Å². The molecule has 2 aromatic carbocycles. The van der Waals surface area contributed by atoms with Gasteiger partial charge in [0.05, 0.1) is 12.1 Å². The minimum absolute atomic E-state index is 0.0788. The molecule has 3 nitrogen and oxygen atoms in total. The maximum absolute atomic E-state index is 10.5. The van der Waals surface area contributed by atoms with E-state index in [0.29, 0.717) is 12.1 Å². The smallest absolute Gasteiger partial charge is 0.0775 e. The van der Waals surface area contributed by atoms with Crippen LogP contribution < -0.4 is 5.32 Å². The Balaban J connectivity index is 1.42. The number of aliphatic hydroxyl groups is 1. The number of rotatable bonds is 4. The highest BCUT2D eigenvalue weighted by Gasteiger charge is 2.36. The fourth-order valence-electron chi connectivity index (χ4n) is 4.29. The molecular formula is C21H26N2O. The second-order valence-corrected chi connectivity index (χ2v) is 7.31. The number of nitrogens with zero attached hydrogens (tertiary/aromatic N) is 1. The minimum atomic E-state index is -0.305. The Bertz CT molecular complexity index is 687. The third-order valence-corrected chi connectivity index (χ3v) is 5.55. The summed E-state index contributed by atoms with van der Waals surface area (Å²) in [5, 5.41) is 14.2. The van der Waals surface area contributed by atoms with E-state index in [2.05, 4.69) is 71.7 Å². The van der Waals surface area contributed by atoms with Gasteiger partial charge < -0.3 is 10.4 Å². The molecular weight excluding hydrogens is 296 g/mol. The molecule has 0 bridgehead atoms. The van der Waals surface area contributed by atoms with Crippen LogP contribution in [0, 0.1) is 0 Å². The molecule has 2 unspecified atom stereocenters. The predicted molar refractivity (Wildman–Crippen MR) is 96.7 cm³/mol. The first-order valence-corrected chi connectivity index (χ1v) is 9.00. The van der Waals surface area contributed by atoms with Crippen LogP contribution in [0.2, 0.25) is 0 Å². The number of fused-ring (bicyclic) bond motifs is 1. The molecule has 2 N–H and O–H groups in total. The van der Waals surface area contributed by atoms with Crippen LogP contribution in [0.15, 0.2) is 54.6 Å². The summed E-state index contributed by atoms with van der Waals surface area (Å²) in [6, 6.07) is 20.2. The Labute approximate surface area is 144 Å². The quantitative estimate of drug-likeness (QED) is 0.908. The van der Waals surface area contributed by atoms with Gasteiger partial charge in [0.2, 0.25) is 0 Å². The zero-order valence-electron chi connectivity index (χ0n) is 14.2. The highest BCUT2D eigenvalue weighted by atomic mass is 16.3. The third-order valence-electron chi connectivity index (χ3n) is 5.55. The minimum Gasteiger partial charge on any atom is -0.391 e. The van der Waals surface area contributed by atoms with Gasteiger partial charge in [-0.15, -0.1) is 0 Å². The Morgan fingerprint density at radius 2 is 1.83 bits per heavy atom. The molecule has 4 rings (SSSR count). The molecule has 1 saturated heterocycles. The van der Waals surface area contributed by atoms with E-state index < -0.39 is 0 Å². The molecule has 0 saturated carbocycles. The first-order chi connectivity index (χ1) is 11.7. The van der Waals surface area contributed by atoms with Gasteiger partial charge in [-0.2, -0.15) is 0 Å². The molecule has 3 heteroatoms. The molecule has 1 aliphatic carbocycles. The third kappa shape index (κ3) is 3.12. The Morgan fingerprint density at radius 3 is 2.67 bits per heavy atom. The normalized spacial score (nSPS) is 29.8. The molecule has 2 aromatic rings. The number of hydrogen-bond acceptors (Lipinski definition) is 3. The van der Waals surface area contributed by atoms with Gasteiger partial charge in [0.25, 0.3) is 0 Å². The van der Waals surface area contributed by atoms with E-state index in [1.165, 1.54) is 16.7 Å². The van der Waals surface area contributed by atoms with E-state index >= 15 is 0 Å². The number of nitrogens with one attached hydrogen (secondary N) is 1. The fourth-order valence-corrected chi connectivity index (χ4v) is 4.29. The number of hydrogen-bond donors (Lipinski definition) is 2.